The molecule has 1 saturated carbocycles. The molecule has 1 rings (SSSR count). The molecular formula is C12H21NO3. The molecule has 0 aliphatic heterocycles. The van der Waals surface area contributed by atoms with Crippen molar-refractivity contribution in [1.29, 1.82) is 0 Å². The Bertz CT molecular complexity index is 257. The molecule has 4 nitrogen and oxygen atoms in total. The molecule has 1 aliphatic carbocycles. The van der Waals surface area contributed by atoms with Gasteiger partial charge in [0, 0.05) is 12.0 Å². The van der Waals surface area contributed by atoms with E-state index < -0.39 is 5.97 Å². The van der Waals surface area contributed by atoms with E-state index in [1.807, 2.05) is 13.8 Å². The number of hydrogen-bond donors (Lipinski definition) is 2. The molecule has 16 heavy (non-hydrogen) atoms. The summed E-state index contributed by atoms with van der Waals surface area (Å²) in [6, 6.07) is -0.161. The molecule has 0 radical (unpaired) electrons. The van der Waals surface area contributed by atoms with Gasteiger partial charge >= 0.3 is 5.97 Å². The Balaban J connectivity index is 2.47. The normalized spacial score (nSPS) is 17.2. The molecule has 0 aromatic heterocycles. The van der Waals surface area contributed by atoms with E-state index in [1.165, 1.54) is 0 Å². The van der Waals surface area contributed by atoms with Gasteiger partial charge in [-0.25, -0.2) is 0 Å². The second-order valence-corrected chi connectivity index (χ2v) is 4.56. The van der Waals surface area contributed by atoms with Crippen LogP contribution in [0.2, 0.25) is 0 Å². The summed E-state index contributed by atoms with van der Waals surface area (Å²) in [5, 5.41) is 11.7. The van der Waals surface area contributed by atoms with E-state index in [4.69, 9.17) is 5.11 Å². The topological polar surface area (TPSA) is 66.4 Å². The number of carbonyl (C=O) groups is 2. The fourth-order valence-corrected chi connectivity index (χ4v) is 1.98. The molecule has 0 bridgehead atoms. The zero-order chi connectivity index (χ0) is 12.1. The molecule has 92 valence electrons. The standard InChI is InChI=1S/C12H21NO3/c1-3-8(4-2)12(16)13-10(7-11(14)15)9-5-6-9/h8-10H,3-7H2,1-2H3,(H,13,16)(H,14,15). The minimum absolute atomic E-state index is 0.0168. The van der Waals surface area contributed by atoms with Crippen LogP contribution in [0.15, 0.2) is 0 Å². The molecule has 0 aromatic carbocycles. The van der Waals surface area contributed by atoms with Gasteiger partial charge in [-0.05, 0) is 31.6 Å². The Morgan fingerprint density at radius 3 is 2.25 bits per heavy atom. The van der Waals surface area contributed by atoms with Crippen molar-refractivity contribution in [3.05, 3.63) is 0 Å². The van der Waals surface area contributed by atoms with Crippen molar-refractivity contribution in [2.45, 2.75) is 52.0 Å². The van der Waals surface area contributed by atoms with Crippen molar-refractivity contribution >= 4 is 11.9 Å². The van der Waals surface area contributed by atoms with E-state index in [9.17, 15) is 9.59 Å². The Morgan fingerprint density at radius 1 is 1.31 bits per heavy atom. The molecule has 1 unspecified atom stereocenters. The highest BCUT2D eigenvalue weighted by atomic mass is 16.4. The number of nitrogens with one attached hydrogen (secondary N) is 1. The van der Waals surface area contributed by atoms with Crippen molar-refractivity contribution in [1.82, 2.24) is 5.32 Å². The quantitative estimate of drug-likeness (QED) is 0.697. The van der Waals surface area contributed by atoms with E-state index in [1.54, 1.807) is 0 Å². The lowest BCUT2D eigenvalue weighted by molar-refractivity contribution is -0.138. The Hall–Kier alpha value is -1.06. The lowest BCUT2D eigenvalue weighted by atomic mass is 10.0. The van der Waals surface area contributed by atoms with Crippen LogP contribution in [0, 0.1) is 11.8 Å². The van der Waals surface area contributed by atoms with Crippen LogP contribution in [0.5, 0.6) is 0 Å². The van der Waals surface area contributed by atoms with E-state index in [0.29, 0.717) is 5.92 Å². The van der Waals surface area contributed by atoms with Crippen LogP contribution in [-0.4, -0.2) is 23.0 Å². The predicted molar refractivity (Wildman–Crippen MR) is 61.0 cm³/mol. The molecule has 2 N–H and O–H groups in total. The highest BCUT2D eigenvalue weighted by molar-refractivity contribution is 5.79. The van der Waals surface area contributed by atoms with E-state index in [0.717, 1.165) is 25.7 Å². The first-order valence-electron chi connectivity index (χ1n) is 6.10. The number of amides is 1. The monoisotopic (exact) mass is 227 g/mol. The molecule has 1 fully saturated rings. The summed E-state index contributed by atoms with van der Waals surface area (Å²) in [7, 11) is 0. The second-order valence-electron chi connectivity index (χ2n) is 4.56. The molecule has 0 spiro atoms. The summed E-state index contributed by atoms with van der Waals surface area (Å²) in [4.78, 5) is 22.5. The molecule has 0 heterocycles. The summed E-state index contributed by atoms with van der Waals surface area (Å²) >= 11 is 0. The van der Waals surface area contributed by atoms with E-state index in [-0.39, 0.29) is 24.3 Å². The highest BCUT2D eigenvalue weighted by Crippen LogP contribution is 2.34. The molecule has 4 heteroatoms. The number of carbonyl (C=O) groups excluding carboxylic acids is 1. The van der Waals surface area contributed by atoms with Gasteiger partial charge in [-0.3, -0.25) is 9.59 Å². The zero-order valence-electron chi connectivity index (χ0n) is 10.0. The summed E-state index contributed by atoms with van der Waals surface area (Å²) in [6.07, 6.45) is 3.76. The van der Waals surface area contributed by atoms with E-state index >= 15 is 0 Å². The number of rotatable bonds is 7. The second kappa shape index (κ2) is 5.87. The molecule has 0 aromatic rings. The largest absolute Gasteiger partial charge is 0.481 e. The zero-order valence-corrected chi connectivity index (χ0v) is 10.0. The van der Waals surface area contributed by atoms with Crippen LogP contribution in [-0.2, 0) is 9.59 Å². The Morgan fingerprint density at radius 2 is 1.88 bits per heavy atom. The van der Waals surface area contributed by atoms with Crippen LogP contribution >= 0.6 is 0 Å². The van der Waals surface area contributed by atoms with Crippen molar-refractivity contribution in [3.63, 3.8) is 0 Å². The van der Waals surface area contributed by atoms with Crippen LogP contribution in [0.1, 0.15) is 46.0 Å². The SMILES string of the molecule is CCC(CC)C(=O)NC(CC(=O)O)C1CC1. The fraction of sp³-hybridized carbons (Fsp3) is 0.833. The van der Waals surface area contributed by atoms with Gasteiger partial charge in [0.05, 0.1) is 6.42 Å². The van der Waals surface area contributed by atoms with Crippen LogP contribution in [0.25, 0.3) is 0 Å². The van der Waals surface area contributed by atoms with Gasteiger partial charge in [-0.2, -0.15) is 0 Å². The van der Waals surface area contributed by atoms with Gasteiger partial charge in [-0.15, -0.1) is 0 Å². The smallest absolute Gasteiger partial charge is 0.305 e. The molecular weight excluding hydrogens is 206 g/mol. The van der Waals surface area contributed by atoms with Gasteiger partial charge < -0.3 is 10.4 Å². The molecule has 0 saturated heterocycles. The lowest BCUT2D eigenvalue weighted by Crippen LogP contribution is -2.41. The number of carboxylic acid groups (broad SMARTS) is 1. The number of aliphatic carboxylic acids is 1. The third kappa shape index (κ3) is 3.83. The maximum atomic E-state index is 11.8. The van der Waals surface area contributed by atoms with Crippen molar-refractivity contribution < 1.29 is 14.7 Å². The lowest BCUT2D eigenvalue weighted by Gasteiger charge is -2.20. The first-order chi connectivity index (χ1) is 7.58. The average molecular weight is 227 g/mol. The first kappa shape index (κ1) is 13.0. The fourth-order valence-electron chi connectivity index (χ4n) is 1.98. The first-order valence-corrected chi connectivity index (χ1v) is 6.10. The maximum absolute atomic E-state index is 11.8. The van der Waals surface area contributed by atoms with Gasteiger partial charge in [0.2, 0.25) is 5.91 Å². The van der Waals surface area contributed by atoms with Crippen molar-refractivity contribution in [2.24, 2.45) is 11.8 Å². The Labute approximate surface area is 96.4 Å². The van der Waals surface area contributed by atoms with Crippen molar-refractivity contribution in [2.75, 3.05) is 0 Å². The van der Waals surface area contributed by atoms with Crippen LogP contribution in [0.4, 0.5) is 0 Å². The third-order valence-electron chi connectivity index (χ3n) is 3.27. The average Bonchev–Trinajstić information content (AvgIpc) is 3.01. The predicted octanol–water partition coefficient (Wildman–Crippen LogP) is 1.79. The molecule has 1 atom stereocenters. The maximum Gasteiger partial charge on any atom is 0.305 e. The molecule has 1 aliphatic rings. The van der Waals surface area contributed by atoms with Gasteiger partial charge in [-0.1, -0.05) is 13.8 Å². The highest BCUT2D eigenvalue weighted by Gasteiger charge is 2.34. The summed E-state index contributed by atoms with van der Waals surface area (Å²) < 4.78 is 0. The van der Waals surface area contributed by atoms with E-state index in [2.05, 4.69) is 5.32 Å². The Kier molecular flexibility index (Phi) is 4.77. The van der Waals surface area contributed by atoms with Gasteiger partial charge in [0.25, 0.3) is 0 Å². The molecule has 1 amide bonds. The summed E-state index contributed by atoms with van der Waals surface area (Å²) in [6.45, 7) is 3.97. The van der Waals surface area contributed by atoms with Crippen molar-refractivity contribution in [3.8, 4) is 0 Å². The summed E-state index contributed by atoms with van der Waals surface area (Å²) in [5.41, 5.74) is 0. The number of carboxylic acids is 1. The third-order valence-corrected chi connectivity index (χ3v) is 3.27. The minimum atomic E-state index is -0.832. The van der Waals surface area contributed by atoms with Gasteiger partial charge in [0.15, 0.2) is 0 Å². The minimum Gasteiger partial charge on any atom is -0.481 e. The van der Waals surface area contributed by atoms with Crippen LogP contribution < -0.4 is 5.32 Å². The van der Waals surface area contributed by atoms with Gasteiger partial charge in [0.1, 0.15) is 0 Å². The summed E-state index contributed by atoms with van der Waals surface area (Å²) in [5.74, 6) is -0.408. The number of hydrogen-bond acceptors (Lipinski definition) is 2. The van der Waals surface area contributed by atoms with Crippen LogP contribution in [0.3, 0.4) is 0 Å².